The van der Waals surface area contributed by atoms with Gasteiger partial charge in [-0.25, -0.2) is 9.78 Å². The number of nitrogens with zero attached hydrogens (tertiary/aromatic N) is 2. The summed E-state index contributed by atoms with van der Waals surface area (Å²) in [7, 11) is 0. The van der Waals surface area contributed by atoms with Crippen LogP contribution in [0.3, 0.4) is 0 Å². The zero-order chi connectivity index (χ0) is 19.2. The highest BCUT2D eigenvalue weighted by molar-refractivity contribution is 6.03. The van der Waals surface area contributed by atoms with Crippen LogP contribution in [-0.4, -0.2) is 63.3 Å². The lowest BCUT2D eigenvalue weighted by atomic mass is 9.75. The normalized spacial score (nSPS) is 27.8. The van der Waals surface area contributed by atoms with Gasteiger partial charge in [-0.1, -0.05) is 18.2 Å². The van der Waals surface area contributed by atoms with Gasteiger partial charge in [0, 0.05) is 24.9 Å². The van der Waals surface area contributed by atoms with Gasteiger partial charge in [0.2, 0.25) is 0 Å². The van der Waals surface area contributed by atoms with E-state index >= 15 is 0 Å². The molecule has 7 heteroatoms. The standard InChI is InChI=1S/C20H24N2O5/c1-19(26)8-11-27-20(18(19)25)6-9-22(10-7-20)16-12-14(17(23)24)13-4-2-3-5-15(13)21-16/h2-5,12,18,25-26H,6-11H2,1H3,(H,23,24)/t18-,19+/m0/s1. The van der Waals surface area contributed by atoms with Crippen LogP contribution in [0.25, 0.3) is 10.9 Å². The average molecular weight is 372 g/mol. The highest BCUT2D eigenvalue weighted by Gasteiger charge is 2.52. The van der Waals surface area contributed by atoms with Gasteiger partial charge >= 0.3 is 5.97 Å². The van der Waals surface area contributed by atoms with Crippen LogP contribution in [0, 0.1) is 0 Å². The fourth-order valence-electron chi connectivity index (χ4n) is 4.28. The molecule has 0 bridgehead atoms. The molecule has 0 saturated carbocycles. The van der Waals surface area contributed by atoms with Crippen LogP contribution in [0.4, 0.5) is 5.82 Å². The summed E-state index contributed by atoms with van der Waals surface area (Å²) in [5.74, 6) is -0.372. The Balaban J connectivity index is 1.61. The minimum Gasteiger partial charge on any atom is -0.478 e. The molecule has 27 heavy (non-hydrogen) atoms. The number of aromatic nitrogens is 1. The first kappa shape index (κ1) is 18.2. The maximum Gasteiger partial charge on any atom is 0.336 e. The first-order chi connectivity index (χ1) is 12.8. The lowest BCUT2D eigenvalue weighted by molar-refractivity contribution is -0.239. The Kier molecular flexibility index (Phi) is 4.33. The summed E-state index contributed by atoms with van der Waals surface area (Å²) in [4.78, 5) is 18.3. The number of anilines is 1. The number of aliphatic hydroxyl groups is 2. The number of fused-ring (bicyclic) bond motifs is 1. The summed E-state index contributed by atoms with van der Waals surface area (Å²) in [6.07, 6.45) is 0.552. The highest BCUT2D eigenvalue weighted by Crippen LogP contribution is 2.40. The highest BCUT2D eigenvalue weighted by atomic mass is 16.5. The number of rotatable bonds is 2. The van der Waals surface area contributed by atoms with Crippen molar-refractivity contribution < 1.29 is 24.9 Å². The van der Waals surface area contributed by atoms with E-state index in [0.29, 0.717) is 55.7 Å². The number of carboxylic acids is 1. The van der Waals surface area contributed by atoms with Crippen LogP contribution in [0.1, 0.15) is 36.5 Å². The van der Waals surface area contributed by atoms with Gasteiger partial charge in [0.05, 0.1) is 23.3 Å². The Morgan fingerprint density at radius 3 is 2.67 bits per heavy atom. The third-order valence-corrected chi connectivity index (χ3v) is 5.95. The van der Waals surface area contributed by atoms with Crippen LogP contribution in [0.15, 0.2) is 30.3 Å². The molecule has 0 unspecified atom stereocenters. The molecule has 1 aromatic heterocycles. The fourth-order valence-corrected chi connectivity index (χ4v) is 4.28. The van der Waals surface area contributed by atoms with E-state index in [2.05, 4.69) is 4.98 Å². The Morgan fingerprint density at radius 1 is 1.26 bits per heavy atom. The Hall–Kier alpha value is -2.22. The summed E-state index contributed by atoms with van der Waals surface area (Å²) in [5.41, 5.74) is -1.04. The average Bonchev–Trinajstić information content (AvgIpc) is 2.66. The molecule has 3 N–H and O–H groups in total. The molecule has 2 aromatic rings. The van der Waals surface area contributed by atoms with Crippen molar-refractivity contribution in [1.29, 1.82) is 0 Å². The number of aromatic carboxylic acids is 1. The number of para-hydroxylation sites is 1. The number of piperidine rings is 1. The van der Waals surface area contributed by atoms with E-state index in [1.807, 2.05) is 17.0 Å². The van der Waals surface area contributed by atoms with Gasteiger partial charge < -0.3 is 25.0 Å². The number of ether oxygens (including phenoxy) is 1. The van der Waals surface area contributed by atoms with E-state index in [1.165, 1.54) is 0 Å². The van der Waals surface area contributed by atoms with Gasteiger partial charge in [-0.05, 0) is 31.9 Å². The number of pyridine rings is 1. The van der Waals surface area contributed by atoms with Gasteiger partial charge in [0.15, 0.2) is 0 Å². The number of benzene rings is 1. The summed E-state index contributed by atoms with van der Waals surface area (Å²) < 4.78 is 5.92. The van der Waals surface area contributed by atoms with Gasteiger partial charge in [-0.3, -0.25) is 0 Å². The van der Waals surface area contributed by atoms with Crippen molar-refractivity contribution >= 4 is 22.7 Å². The molecule has 2 atom stereocenters. The van der Waals surface area contributed by atoms with Crippen molar-refractivity contribution in [3.63, 3.8) is 0 Å². The zero-order valence-corrected chi connectivity index (χ0v) is 15.3. The van der Waals surface area contributed by atoms with Crippen molar-refractivity contribution in [3.8, 4) is 0 Å². The lowest BCUT2D eigenvalue weighted by Gasteiger charge is -2.51. The molecule has 2 saturated heterocycles. The van der Waals surface area contributed by atoms with E-state index in [0.717, 1.165) is 0 Å². The summed E-state index contributed by atoms with van der Waals surface area (Å²) in [5, 5.41) is 31.3. The van der Waals surface area contributed by atoms with Crippen molar-refractivity contribution in [2.24, 2.45) is 0 Å². The molecule has 0 amide bonds. The van der Waals surface area contributed by atoms with E-state index in [4.69, 9.17) is 4.74 Å². The summed E-state index contributed by atoms with van der Waals surface area (Å²) >= 11 is 0. The third kappa shape index (κ3) is 3.05. The monoisotopic (exact) mass is 372 g/mol. The predicted molar refractivity (Wildman–Crippen MR) is 100 cm³/mol. The molecule has 1 spiro atoms. The van der Waals surface area contributed by atoms with E-state index < -0.39 is 23.3 Å². The van der Waals surface area contributed by atoms with Gasteiger partial charge in [0.25, 0.3) is 0 Å². The number of carboxylic acid groups (broad SMARTS) is 1. The third-order valence-electron chi connectivity index (χ3n) is 5.95. The molecule has 4 rings (SSSR count). The first-order valence-corrected chi connectivity index (χ1v) is 9.25. The molecular weight excluding hydrogens is 348 g/mol. The Bertz CT molecular complexity index is 874. The molecule has 3 heterocycles. The zero-order valence-electron chi connectivity index (χ0n) is 15.3. The van der Waals surface area contributed by atoms with Gasteiger partial charge in [-0.2, -0.15) is 0 Å². The van der Waals surface area contributed by atoms with Crippen LogP contribution >= 0.6 is 0 Å². The number of hydrogen-bond acceptors (Lipinski definition) is 6. The quantitative estimate of drug-likeness (QED) is 0.739. The minimum absolute atomic E-state index is 0.229. The molecule has 144 valence electrons. The summed E-state index contributed by atoms with van der Waals surface area (Å²) in [6, 6.07) is 8.81. The van der Waals surface area contributed by atoms with Crippen molar-refractivity contribution in [3.05, 3.63) is 35.9 Å². The van der Waals surface area contributed by atoms with Crippen LogP contribution in [0.2, 0.25) is 0 Å². The fraction of sp³-hybridized carbons (Fsp3) is 0.500. The van der Waals surface area contributed by atoms with Crippen molar-refractivity contribution in [2.45, 2.75) is 43.5 Å². The van der Waals surface area contributed by atoms with E-state index in [-0.39, 0.29) is 5.56 Å². The molecule has 0 radical (unpaired) electrons. The van der Waals surface area contributed by atoms with Crippen LogP contribution in [-0.2, 0) is 4.74 Å². The molecule has 2 fully saturated rings. The molecule has 2 aliphatic heterocycles. The topological polar surface area (TPSA) is 103 Å². The molecule has 7 nitrogen and oxygen atoms in total. The van der Waals surface area contributed by atoms with Crippen LogP contribution < -0.4 is 4.90 Å². The predicted octanol–water partition coefficient (Wildman–Crippen LogP) is 1.80. The Morgan fingerprint density at radius 2 is 1.96 bits per heavy atom. The van der Waals surface area contributed by atoms with Gasteiger partial charge in [0.1, 0.15) is 17.5 Å². The minimum atomic E-state index is -1.15. The lowest BCUT2D eigenvalue weighted by Crippen LogP contribution is -2.64. The second-order valence-corrected chi connectivity index (χ2v) is 7.76. The largest absolute Gasteiger partial charge is 0.478 e. The molecule has 1 aromatic carbocycles. The van der Waals surface area contributed by atoms with E-state index in [9.17, 15) is 20.1 Å². The Labute approximate surface area is 157 Å². The van der Waals surface area contributed by atoms with E-state index in [1.54, 1.807) is 25.1 Å². The first-order valence-electron chi connectivity index (χ1n) is 9.25. The number of carbonyl (C=O) groups is 1. The second-order valence-electron chi connectivity index (χ2n) is 7.76. The maximum absolute atomic E-state index is 11.7. The SMILES string of the molecule is C[C@@]1(O)CCOC2(CCN(c3cc(C(=O)O)c4ccccc4n3)CC2)[C@H]1O. The van der Waals surface area contributed by atoms with Gasteiger partial charge in [-0.15, -0.1) is 0 Å². The van der Waals surface area contributed by atoms with Crippen LogP contribution in [0.5, 0.6) is 0 Å². The van der Waals surface area contributed by atoms with Crippen molar-refractivity contribution in [2.75, 3.05) is 24.6 Å². The molecule has 0 aliphatic carbocycles. The molecular formula is C20H24N2O5. The summed E-state index contributed by atoms with van der Waals surface area (Å²) in [6.45, 7) is 3.20. The number of hydrogen-bond donors (Lipinski definition) is 3. The van der Waals surface area contributed by atoms with Crippen molar-refractivity contribution in [1.82, 2.24) is 4.98 Å². The second kappa shape index (κ2) is 6.44. The smallest absolute Gasteiger partial charge is 0.336 e. The number of aliphatic hydroxyl groups excluding tert-OH is 1. The molecule has 2 aliphatic rings. The maximum atomic E-state index is 11.7.